The van der Waals surface area contributed by atoms with Crippen molar-refractivity contribution in [2.24, 2.45) is 5.41 Å². The molecular formula is C21H22Cl2N4O. The average Bonchev–Trinajstić information content (AvgIpc) is 3.35. The molecular weight excluding hydrogens is 395 g/mol. The minimum Gasteiger partial charge on any atom is -0.381 e. The maximum absolute atomic E-state index is 6.50. The fraction of sp³-hybridized carbons (Fsp3) is 0.429. The number of aromatic nitrogens is 3. The first-order valence-electron chi connectivity index (χ1n) is 9.69. The molecule has 0 atom stereocenters. The number of hydrogen-bond donors (Lipinski definition) is 0. The molecule has 2 fully saturated rings. The SMILES string of the molecule is Cc1nc(N2CCC3(CCOC3)CC2)c2ccnn2c1-c1cccc(Cl)c1Cl. The van der Waals surface area contributed by atoms with Crippen molar-refractivity contribution in [3.8, 4) is 11.3 Å². The predicted octanol–water partition coefficient (Wildman–Crippen LogP) is 5.02. The molecule has 5 nitrogen and oxygen atoms in total. The molecule has 0 amide bonds. The van der Waals surface area contributed by atoms with Crippen molar-refractivity contribution in [2.75, 3.05) is 31.2 Å². The van der Waals surface area contributed by atoms with E-state index in [1.807, 2.05) is 35.8 Å². The number of piperidine rings is 1. The lowest BCUT2D eigenvalue weighted by Crippen LogP contribution is -2.41. The molecule has 146 valence electrons. The van der Waals surface area contributed by atoms with Crippen LogP contribution in [0.2, 0.25) is 10.0 Å². The molecule has 28 heavy (non-hydrogen) atoms. The number of rotatable bonds is 2. The molecule has 0 unspecified atom stereocenters. The highest BCUT2D eigenvalue weighted by Crippen LogP contribution is 2.41. The van der Waals surface area contributed by atoms with Crippen molar-refractivity contribution < 1.29 is 4.74 Å². The average molecular weight is 417 g/mol. The number of fused-ring (bicyclic) bond motifs is 1. The van der Waals surface area contributed by atoms with Crippen LogP contribution in [0.5, 0.6) is 0 Å². The third-order valence-corrected chi connectivity index (χ3v) is 7.03. The maximum atomic E-state index is 6.50. The van der Waals surface area contributed by atoms with E-state index in [4.69, 9.17) is 32.9 Å². The van der Waals surface area contributed by atoms with Crippen LogP contribution in [0.1, 0.15) is 25.0 Å². The van der Waals surface area contributed by atoms with Crippen LogP contribution < -0.4 is 4.90 Å². The van der Waals surface area contributed by atoms with Gasteiger partial charge in [-0.2, -0.15) is 5.10 Å². The molecule has 3 aromatic rings. The highest BCUT2D eigenvalue weighted by Gasteiger charge is 2.38. The van der Waals surface area contributed by atoms with E-state index in [1.54, 1.807) is 6.07 Å². The molecule has 2 aromatic heterocycles. The Bertz CT molecular complexity index is 1030. The number of ether oxygens (including phenoxy) is 1. The molecule has 0 aliphatic carbocycles. The monoisotopic (exact) mass is 416 g/mol. The van der Waals surface area contributed by atoms with E-state index in [1.165, 1.54) is 6.42 Å². The number of aryl methyl sites for hydroxylation is 1. The van der Waals surface area contributed by atoms with Crippen LogP contribution in [-0.2, 0) is 4.74 Å². The summed E-state index contributed by atoms with van der Waals surface area (Å²) < 4.78 is 7.61. The molecule has 1 aromatic carbocycles. The van der Waals surface area contributed by atoms with Crippen molar-refractivity contribution in [1.29, 1.82) is 0 Å². The summed E-state index contributed by atoms with van der Waals surface area (Å²) in [6.07, 6.45) is 5.30. The van der Waals surface area contributed by atoms with Gasteiger partial charge < -0.3 is 9.64 Å². The van der Waals surface area contributed by atoms with Gasteiger partial charge in [0, 0.05) is 25.3 Å². The van der Waals surface area contributed by atoms with Gasteiger partial charge in [0.05, 0.1) is 34.2 Å². The number of halogens is 2. The Labute approximate surface area is 174 Å². The Hall–Kier alpha value is -1.82. The lowest BCUT2D eigenvalue weighted by Gasteiger charge is -2.39. The van der Waals surface area contributed by atoms with Gasteiger partial charge in [0.1, 0.15) is 5.52 Å². The van der Waals surface area contributed by atoms with E-state index in [9.17, 15) is 0 Å². The second-order valence-corrected chi connectivity index (χ2v) is 8.67. The lowest BCUT2D eigenvalue weighted by molar-refractivity contribution is 0.133. The number of anilines is 1. The molecule has 0 bridgehead atoms. The first-order chi connectivity index (χ1) is 13.6. The van der Waals surface area contributed by atoms with Gasteiger partial charge in [-0.1, -0.05) is 35.3 Å². The zero-order chi connectivity index (χ0) is 19.3. The van der Waals surface area contributed by atoms with Crippen molar-refractivity contribution in [2.45, 2.75) is 26.2 Å². The van der Waals surface area contributed by atoms with Gasteiger partial charge in [-0.25, -0.2) is 9.50 Å². The van der Waals surface area contributed by atoms with Crippen LogP contribution in [-0.4, -0.2) is 40.9 Å². The summed E-state index contributed by atoms with van der Waals surface area (Å²) in [6.45, 7) is 5.80. The van der Waals surface area contributed by atoms with Gasteiger partial charge in [-0.05, 0) is 43.7 Å². The first kappa shape index (κ1) is 18.2. The van der Waals surface area contributed by atoms with E-state index in [-0.39, 0.29) is 0 Å². The summed E-state index contributed by atoms with van der Waals surface area (Å²) in [5, 5.41) is 5.64. The quantitative estimate of drug-likeness (QED) is 0.588. The molecule has 0 radical (unpaired) electrons. The smallest absolute Gasteiger partial charge is 0.155 e. The Kier molecular flexibility index (Phi) is 4.49. The van der Waals surface area contributed by atoms with Crippen molar-refractivity contribution in [3.63, 3.8) is 0 Å². The normalized spacial score (nSPS) is 19.0. The molecule has 2 aliphatic rings. The van der Waals surface area contributed by atoms with Gasteiger partial charge in [0.2, 0.25) is 0 Å². The lowest BCUT2D eigenvalue weighted by atomic mass is 9.78. The fourth-order valence-electron chi connectivity index (χ4n) is 4.54. The minimum absolute atomic E-state index is 0.371. The van der Waals surface area contributed by atoms with Gasteiger partial charge >= 0.3 is 0 Å². The summed E-state index contributed by atoms with van der Waals surface area (Å²) in [6, 6.07) is 7.68. The first-order valence-corrected chi connectivity index (χ1v) is 10.5. The molecule has 2 saturated heterocycles. The van der Waals surface area contributed by atoms with E-state index >= 15 is 0 Å². The molecule has 4 heterocycles. The van der Waals surface area contributed by atoms with Crippen LogP contribution in [0.15, 0.2) is 30.5 Å². The van der Waals surface area contributed by atoms with Crippen LogP contribution in [0.25, 0.3) is 16.8 Å². The topological polar surface area (TPSA) is 42.7 Å². The molecule has 7 heteroatoms. The Morgan fingerprint density at radius 3 is 2.68 bits per heavy atom. The Morgan fingerprint density at radius 2 is 1.93 bits per heavy atom. The van der Waals surface area contributed by atoms with Crippen molar-refractivity contribution in [3.05, 3.63) is 46.2 Å². The highest BCUT2D eigenvalue weighted by molar-refractivity contribution is 6.43. The summed E-state index contributed by atoms with van der Waals surface area (Å²) in [7, 11) is 0. The van der Waals surface area contributed by atoms with Gasteiger partial charge in [0.25, 0.3) is 0 Å². The Balaban J connectivity index is 1.56. The molecule has 0 saturated carbocycles. The van der Waals surface area contributed by atoms with E-state index in [0.29, 0.717) is 15.5 Å². The summed E-state index contributed by atoms with van der Waals surface area (Å²) >= 11 is 12.8. The zero-order valence-corrected chi connectivity index (χ0v) is 17.3. The van der Waals surface area contributed by atoms with Crippen LogP contribution in [0.4, 0.5) is 5.82 Å². The second kappa shape index (κ2) is 6.90. The third-order valence-electron chi connectivity index (χ3n) is 6.22. The summed E-state index contributed by atoms with van der Waals surface area (Å²) in [5.41, 5.74) is 3.99. The Morgan fingerprint density at radius 1 is 1.11 bits per heavy atom. The van der Waals surface area contributed by atoms with Gasteiger partial charge in [-0.3, -0.25) is 0 Å². The molecule has 0 N–H and O–H groups in total. The number of nitrogens with zero attached hydrogens (tertiary/aromatic N) is 4. The standard InChI is InChI=1S/C21H22Cl2N4O/c1-14-19(15-3-2-4-16(22)18(15)23)27-17(5-9-24-27)20(25-14)26-10-6-21(7-11-26)8-12-28-13-21/h2-5,9H,6-8,10-13H2,1H3. The molecule has 2 aliphatic heterocycles. The van der Waals surface area contributed by atoms with Gasteiger partial charge in [-0.15, -0.1) is 0 Å². The van der Waals surface area contributed by atoms with E-state index < -0.39 is 0 Å². The van der Waals surface area contributed by atoms with Crippen LogP contribution in [0.3, 0.4) is 0 Å². The number of hydrogen-bond acceptors (Lipinski definition) is 4. The molecule has 5 rings (SSSR count). The number of benzene rings is 1. The predicted molar refractivity (Wildman–Crippen MR) is 112 cm³/mol. The molecule has 1 spiro atoms. The maximum Gasteiger partial charge on any atom is 0.155 e. The van der Waals surface area contributed by atoms with Crippen molar-refractivity contribution >= 4 is 34.5 Å². The third kappa shape index (κ3) is 2.88. The van der Waals surface area contributed by atoms with Crippen LogP contribution >= 0.6 is 23.2 Å². The van der Waals surface area contributed by atoms with E-state index in [2.05, 4.69) is 10.00 Å². The van der Waals surface area contributed by atoms with Gasteiger partial charge in [0.15, 0.2) is 5.82 Å². The summed E-state index contributed by atoms with van der Waals surface area (Å²) in [5.74, 6) is 0.991. The minimum atomic E-state index is 0.371. The summed E-state index contributed by atoms with van der Waals surface area (Å²) in [4.78, 5) is 7.38. The van der Waals surface area contributed by atoms with Crippen molar-refractivity contribution in [1.82, 2.24) is 14.6 Å². The highest BCUT2D eigenvalue weighted by atomic mass is 35.5. The largest absolute Gasteiger partial charge is 0.381 e. The van der Waals surface area contributed by atoms with E-state index in [0.717, 1.165) is 67.4 Å². The van der Waals surface area contributed by atoms with Crippen LogP contribution in [0, 0.1) is 12.3 Å². The zero-order valence-electron chi connectivity index (χ0n) is 15.8. The fourth-order valence-corrected chi connectivity index (χ4v) is 4.93. The second-order valence-electron chi connectivity index (χ2n) is 7.89.